The number of nitrogens with one attached hydrogen (secondary N) is 1. The van der Waals surface area contributed by atoms with E-state index in [0.717, 1.165) is 11.0 Å². The minimum absolute atomic E-state index is 0.0300. The molecule has 1 aromatic carbocycles. The molecule has 3 N–H and O–H groups in total. The molecule has 0 aliphatic carbocycles. The van der Waals surface area contributed by atoms with Gasteiger partial charge in [0.15, 0.2) is 0 Å². The predicted octanol–water partition coefficient (Wildman–Crippen LogP) is 1.53. The number of hydrogen-bond donors (Lipinski definition) is 3. The molecule has 0 aromatic heterocycles. The van der Waals surface area contributed by atoms with Crippen LogP contribution in [-0.2, 0) is 4.79 Å². The van der Waals surface area contributed by atoms with Gasteiger partial charge in [-0.2, -0.15) is 0 Å². The third-order valence-corrected chi connectivity index (χ3v) is 3.30. The summed E-state index contributed by atoms with van der Waals surface area (Å²) in [5.41, 5.74) is 0.155. The number of nitrogens with zero attached hydrogens (tertiary/aromatic N) is 1. The lowest BCUT2D eigenvalue weighted by Gasteiger charge is -2.21. The van der Waals surface area contributed by atoms with Crippen molar-refractivity contribution in [2.75, 3.05) is 11.9 Å². The molecule has 1 aliphatic rings. The molecule has 108 valence electrons. The zero-order valence-electron chi connectivity index (χ0n) is 10.2. The van der Waals surface area contributed by atoms with Crippen molar-refractivity contribution in [1.82, 2.24) is 4.90 Å². The highest BCUT2D eigenvalue weighted by Gasteiger charge is 2.39. The lowest BCUT2D eigenvalue weighted by Crippen LogP contribution is -2.43. The van der Waals surface area contributed by atoms with Crippen molar-refractivity contribution in [3.63, 3.8) is 0 Å². The van der Waals surface area contributed by atoms with Gasteiger partial charge in [0, 0.05) is 18.7 Å². The Hall–Kier alpha value is -1.86. The molecule has 1 heterocycles. The molecule has 1 aromatic rings. The maximum Gasteiger partial charge on any atom is 0.326 e. The Balaban J connectivity index is 2.11. The highest BCUT2D eigenvalue weighted by molar-refractivity contribution is 6.30. The molecule has 1 saturated heterocycles. The van der Waals surface area contributed by atoms with Crippen LogP contribution in [0.25, 0.3) is 0 Å². The van der Waals surface area contributed by atoms with Gasteiger partial charge in [-0.3, -0.25) is 0 Å². The van der Waals surface area contributed by atoms with Crippen LogP contribution in [0.5, 0.6) is 0 Å². The Morgan fingerprint density at radius 2 is 2.15 bits per heavy atom. The van der Waals surface area contributed by atoms with Crippen molar-refractivity contribution in [3.05, 3.63) is 29.0 Å². The summed E-state index contributed by atoms with van der Waals surface area (Å²) >= 11 is 5.52. The zero-order valence-corrected chi connectivity index (χ0v) is 11.0. The Morgan fingerprint density at radius 1 is 1.45 bits per heavy atom. The number of carboxylic acid groups (broad SMARTS) is 1. The molecule has 6 nitrogen and oxygen atoms in total. The summed E-state index contributed by atoms with van der Waals surface area (Å²) < 4.78 is 13.2. The number of benzene rings is 1. The number of amides is 2. The number of carbonyl (C=O) groups is 2. The van der Waals surface area contributed by atoms with Crippen LogP contribution in [0, 0.1) is 5.82 Å². The smallest absolute Gasteiger partial charge is 0.326 e. The van der Waals surface area contributed by atoms with E-state index in [9.17, 15) is 19.1 Å². The summed E-state index contributed by atoms with van der Waals surface area (Å²) in [5, 5.41) is 20.7. The van der Waals surface area contributed by atoms with Crippen LogP contribution in [0.1, 0.15) is 6.42 Å². The monoisotopic (exact) mass is 302 g/mol. The van der Waals surface area contributed by atoms with E-state index in [1.165, 1.54) is 12.1 Å². The van der Waals surface area contributed by atoms with Crippen LogP contribution in [0.2, 0.25) is 5.02 Å². The Morgan fingerprint density at radius 3 is 2.75 bits per heavy atom. The fourth-order valence-corrected chi connectivity index (χ4v) is 2.16. The maximum absolute atomic E-state index is 13.2. The van der Waals surface area contributed by atoms with Gasteiger partial charge in [0.05, 0.1) is 11.1 Å². The Kier molecular flexibility index (Phi) is 4.10. The molecule has 1 aliphatic heterocycles. The number of hydrogen-bond acceptors (Lipinski definition) is 3. The second kappa shape index (κ2) is 5.64. The summed E-state index contributed by atoms with van der Waals surface area (Å²) in [5.74, 6) is -1.89. The van der Waals surface area contributed by atoms with E-state index in [1.54, 1.807) is 0 Å². The number of rotatable bonds is 2. The molecular weight excluding hydrogens is 291 g/mol. The highest BCUT2D eigenvalue weighted by Crippen LogP contribution is 2.22. The van der Waals surface area contributed by atoms with E-state index in [2.05, 4.69) is 5.32 Å². The van der Waals surface area contributed by atoms with E-state index in [-0.39, 0.29) is 23.7 Å². The Bertz CT molecular complexity index is 554. The minimum atomic E-state index is -1.20. The summed E-state index contributed by atoms with van der Waals surface area (Å²) in [6.45, 7) is -0.0845. The quantitative estimate of drug-likeness (QED) is 0.773. The molecule has 2 amide bonds. The van der Waals surface area contributed by atoms with E-state index in [4.69, 9.17) is 16.7 Å². The van der Waals surface area contributed by atoms with Crippen LogP contribution < -0.4 is 5.32 Å². The number of halogens is 2. The number of aliphatic hydroxyl groups excluding tert-OH is 1. The van der Waals surface area contributed by atoms with Crippen LogP contribution >= 0.6 is 11.6 Å². The van der Waals surface area contributed by atoms with Crippen LogP contribution in [0.15, 0.2) is 18.2 Å². The summed E-state index contributed by atoms with van der Waals surface area (Å²) in [6, 6.07) is 1.89. The molecule has 2 rings (SSSR count). The van der Waals surface area contributed by atoms with Crippen LogP contribution in [0.4, 0.5) is 14.9 Å². The first-order valence-electron chi connectivity index (χ1n) is 5.82. The van der Waals surface area contributed by atoms with Gasteiger partial charge in [-0.25, -0.2) is 14.0 Å². The molecule has 8 heteroatoms. The highest BCUT2D eigenvalue weighted by atomic mass is 35.5. The Labute approximate surface area is 118 Å². The van der Waals surface area contributed by atoms with Crippen LogP contribution in [-0.4, -0.2) is 45.8 Å². The van der Waals surface area contributed by atoms with E-state index < -0.39 is 30.0 Å². The van der Waals surface area contributed by atoms with Crippen molar-refractivity contribution >= 4 is 29.3 Å². The molecule has 0 radical (unpaired) electrons. The average molecular weight is 303 g/mol. The van der Waals surface area contributed by atoms with Crippen molar-refractivity contribution in [3.8, 4) is 0 Å². The lowest BCUT2D eigenvalue weighted by atomic mass is 10.2. The van der Waals surface area contributed by atoms with Crippen molar-refractivity contribution in [2.24, 2.45) is 0 Å². The second-order valence-electron chi connectivity index (χ2n) is 4.45. The van der Waals surface area contributed by atoms with Crippen LogP contribution in [0.3, 0.4) is 0 Å². The number of likely N-dealkylation sites (tertiary alicyclic amines) is 1. The lowest BCUT2D eigenvalue weighted by molar-refractivity contribution is -0.141. The van der Waals surface area contributed by atoms with Gasteiger partial charge >= 0.3 is 12.0 Å². The second-order valence-corrected chi connectivity index (χ2v) is 4.86. The molecular formula is C12H12ClFN2O4. The van der Waals surface area contributed by atoms with Crippen molar-refractivity contribution in [2.45, 2.75) is 18.6 Å². The first-order chi connectivity index (χ1) is 9.38. The zero-order chi connectivity index (χ0) is 14.9. The van der Waals surface area contributed by atoms with E-state index >= 15 is 0 Å². The standard InChI is InChI=1S/C12H12ClFN2O4/c13-8-2-1-6(3-9(8)14)15-12(20)16-5-7(17)4-10(16)11(18)19/h1-3,7,10,17H,4-5H2,(H,15,20)(H,18,19)/t7-,10+/m1/s1. The molecule has 0 spiro atoms. The van der Waals surface area contributed by atoms with Crippen molar-refractivity contribution in [1.29, 1.82) is 0 Å². The fraction of sp³-hybridized carbons (Fsp3) is 0.333. The number of aliphatic carboxylic acids is 1. The van der Waals surface area contributed by atoms with Gasteiger partial charge in [0.1, 0.15) is 11.9 Å². The summed E-state index contributed by atoms with van der Waals surface area (Å²) in [6.07, 6.45) is -0.915. The van der Waals surface area contributed by atoms with E-state index in [1.807, 2.05) is 0 Å². The average Bonchev–Trinajstić information content (AvgIpc) is 2.76. The number of carbonyl (C=O) groups excluding carboxylic acids is 1. The van der Waals surface area contributed by atoms with Gasteiger partial charge in [0.25, 0.3) is 0 Å². The van der Waals surface area contributed by atoms with Gasteiger partial charge < -0.3 is 20.4 Å². The number of β-amino-alcohol motifs (C(OH)–C–C–N with tert-alkyl or cyclic N) is 1. The fourth-order valence-electron chi connectivity index (χ4n) is 2.04. The number of urea groups is 1. The number of carboxylic acids is 1. The molecule has 2 atom stereocenters. The molecule has 0 unspecified atom stereocenters. The molecule has 1 fully saturated rings. The van der Waals surface area contributed by atoms with E-state index in [0.29, 0.717) is 0 Å². The number of anilines is 1. The SMILES string of the molecule is O=C(O)[C@@H]1C[C@@H](O)CN1C(=O)Nc1ccc(Cl)c(F)c1. The minimum Gasteiger partial charge on any atom is -0.480 e. The summed E-state index contributed by atoms with van der Waals surface area (Å²) in [4.78, 5) is 24.0. The predicted molar refractivity (Wildman–Crippen MR) is 69.2 cm³/mol. The third-order valence-electron chi connectivity index (χ3n) is 3.00. The van der Waals surface area contributed by atoms with Gasteiger partial charge in [-0.05, 0) is 18.2 Å². The third kappa shape index (κ3) is 3.00. The van der Waals surface area contributed by atoms with Gasteiger partial charge in [-0.1, -0.05) is 11.6 Å². The number of aliphatic hydroxyl groups is 1. The molecule has 0 saturated carbocycles. The maximum atomic E-state index is 13.2. The summed E-state index contributed by atoms with van der Waals surface area (Å²) in [7, 11) is 0. The normalized spacial score (nSPS) is 21.9. The largest absolute Gasteiger partial charge is 0.480 e. The molecule has 0 bridgehead atoms. The molecule has 20 heavy (non-hydrogen) atoms. The van der Waals surface area contributed by atoms with Gasteiger partial charge in [-0.15, -0.1) is 0 Å². The topological polar surface area (TPSA) is 89.9 Å². The van der Waals surface area contributed by atoms with Crippen molar-refractivity contribution < 1.29 is 24.2 Å². The first kappa shape index (κ1) is 14.5. The van der Waals surface area contributed by atoms with Gasteiger partial charge in [0.2, 0.25) is 0 Å². The first-order valence-corrected chi connectivity index (χ1v) is 6.20.